The van der Waals surface area contributed by atoms with Gasteiger partial charge in [0.05, 0.1) is 5.56 Å². The minimum absolute atomic E-state index is 0. The third kappa shape index (κ3) is 5.07. The molecule has 2 rings (SSSR count). The van der Waals surface area contributed by atoms with Gasteiger partial charge in [0.1, 0.15) is 5.82 Å². The molecule has 0 aliphatic rings. The molecule has 1 heterocycles. The molecule has 0 aliphatic carbocycles. The monoisotopic (exact) mass is 371 g/mol. The largest absolute Gasteiger partial charge is 0.332 e. The molecule has 0 spiro atoms. The number of nitrogens with zero attached hydrogens (tertiary/aromatic N) is 3. The Balaban J connectivity index is 0.00000264. The van der Waals surface area contributed by atoms with E-state index in [2.05, 4.69) is 28.3 Å². The predicted octanol–water partition coefficient (Wildman–Crippen LogP) is 3.71. The van der Waals surface area contributed by atoms with Gasteiger partial charge in [-0.25, -0.2) is 0 Å². The summed E-state index contributed by atoms with van der Waals surface area (Å²) in [5.74, 6) is 0.786. The highest BCUT2D eigenvalue weighted by Crippen LogP contribution is 2.19. The summed E-state index contributed by atoms with van der Waals surface area (Å²) in [4.78, 5) is 18.9. The molecule has 24 heavy (non-hydrogen) atoms. The maximum absolute atomic E-state index is 12.3. The maximum Gasteiger partial charge on any atom is 0.281 e. The van der Waals surface area contributed by atoms with E-state index in [1.165, 1.54) is 0 Å². The molecule has 1 aromatic carbocycles. The Hall–Kier alpha value is -1.36. The molecule has 0 radical (unpaired) electrons. The third-order valence-electron chi connectivity index (χ3n) is 4.23. The second-order valence-electron chi connectivity index (χ2n) is 5.47. The Labute approximate surface area is 156 Å². The van der Waals surface area contributed by atoms with Crippen molar-refractivity contribution in [1.82, 2.24) is 14.5 Å². The van der Waals surface area contributed by atoms with Crippen LogP contribution in [0.4, 0.5) is 0 Å². The van der Waals surface area contributed by atoms with Gasteiger partial charge in [0.2, 0.25) is 0 Å². The molecule has 0 fully saturated rings. The summed E-state index contributed by atoms with van der Waals surface area (Å²) in [6.45, 7) is 12.2. The zero-order valence-corrected chi connectivity index (χ0v) is 16.4. The lowest BCUT2D eigenvalue weighted by molar-refractivity contribution is 0.287. The normalized spacial score (nSPS) is 10.2. The maximum atomic E-state index is 12.3. The molecule has 0 aliphatic heterocycles. The van der Waals surface area contributed by atoms with Crippen LogP contribution in [0.5, 0.6) is 0 Å². The van der Waals surface area contributed by atoms with Gasteiger partial charge >= 0.3 is 0 Å². The Morgan fingerprint density at radius 1 is 1.04 bits per heavy atom. The molecule has 4 nitrogen and oxygen atoms in total. The minimum Gasteiger partial charge on any atom is -0.332 e. The van der Waals surface area contributed by atoms with E-state index < -0.39 is 0 Å². The Kier molecular flexibility index (Phi) is 9.90. The van der Waals surface area contributed by atoms with Gasteiger partial charge < -0.3 is 9.47 Å². The van der Waals surface area contributed by atoms with Gasteiger partial charge in [-0.05, 0) is 32.5 Å². The average Bonchev–Trinajstić information content (AvgIpc) is 2.51. The molecule has 0 saturated carbocycles. The van der Waals surface area contributed by atoms with Gasteiger partial charge in [-0.3, -0.25) is 4.79 Å². The van der Waals surface area contributed by atoms with E-state index in [9.17, 15) is 4.79 Å². The van der Waals surface area contributed by atoms with Crippen LogP contribution in [0.25, 0.3) is 11.1 Å². The molecule has 0 saturated heterocycles. The van der Waals surface area contributed by atoms with Crippen molar-refractivity contribution in [3.63, 3.8) is 0 Å². The molecule has 6 heteroatoms. The van der Waals surface area contributed by atoms with Crippen molar-refractivity contribution in [2.75, 3.05) is 19.6 Å². The summed E-state index contributed by atoms with van der Waals surface area (Å²) < 4.78 is 2.15. The first-order valence-electron chi connectivity index (χ1n) is 7.94. The van der Waals surface area contributed by atoms with Crippen LogP contribution in [0.1, 0.15) is 25.4 Å². The Morgan fingerprint density at radius 3 is 2.17 bits per heavy atom. The number of aryl methyl sites for hydroxylation is 1. The highest BCUT2D eigenvalue weighted by molar-refractivity contribution is 5.85. The van der Waals surface area contributed by atoms with Crippen LogP contribution in [-0.4, -0.2) is 34.1 Å². The second-order valence-corrected chi connectivity index (χ2v) is 5.47. The number of benzene rings is 1. The average molecular weight is 372 g/mol. The number of rotatable bonds is 6. The van der Waals surface area contributed by atoms with E-state index in [0.29, 0.717) is 5.56 Å². The number of hydrogen-bond donors (Lipinski definition) is 0. The van der Waals surface area contributed by atoms with Gasteiger partial charge in [0.15, 0.2) is 0 Å². The van der Waals surface area contributed by atoms with E-state index in [1.54, 1.807) is 0 Å². The van der Waals surface area contributed by atoms with Crippen LogP contribution in [0.15, 0.2) is 35.1 Å². The van der Waals surface area contributed by atoms with Crippen LogP contribution < -0.4 is 5.56 Å². The molecule has 2 aromatic rings. The van der Waals surface area contributed by atoms with Crippen LogP contribution in [0, 0.1) is 13.8 Å². The zero-order chi connectivity index (χ0) is 16.1. The van der Waals surface area contributed by atoms with Gasteiger partial charge in [-0.1, -0.05) is 44.2 Å². The zero-order valence-electron chi connectivity index (χ0n) is 14.8. The van der Waals surface area contributed by atoms with Crippen molar-refractivity contribution < 1.29 is 0 Å². The number of hydrogen-bond acceptors (Lipinski definition) is 3. The van der Waals surface area contributed by atoms with Crippen LogP contribution in [0.2, 0.25) is 0 Å². The number of halogens is 2. The van der Waals surface area contributed by atoms with Crippen LogP contribution in [-0.2, 0) is 6.54 Å². The standard InChI is InChI=1S/C18H25N3O.2ClH/c1-5-20(6-2)12-13-21-14(3)17(18(22)19-15(21)4)16-10-8-7-9-11-16;;/h7-11H,5-6,12-13H2,1-4H3;2*1H. The fraction of sp³-hybridized carbons (Fsp3) is 0.444. The SMILES string of the molecule is CCN(CC)CCn1c(C)nc(=O)c(-c2ccccc2)c1C.Cl.Cl. The molecule has 0 N–H and O–H groups in total. The molecule has 0 atom stereocenters. The van der Waals surface area contributed by atoms with Crippen molar-refractivity contribution >= 4 is 24.8 Å². The third-order valence-corrected chi connectivity index (χ3v) is 4.23. The highest BCUT2D eigenvalue weighted by atomic mass is 35.5. The second kappa shape index (κ2) is 10.5. The summed E-state index contributed by atoms with van der Waals surface area (Å²) >= 11 is 0. The summed E-state index contributed by atoms with van der Waals surface area (Å²) in [7, 11) is 0. The molecular formula is C18H27Cl2N3O. The van der Waals surface area contributed by atoms with Crippen molar-refractivity contribution in [1.29, 1.82) is 0 Å². The first kappa shape index (κ1) is 22.6. The molecule has 1 aromatic heterocycles. The number of aromatic nitrogens is 2. The first-order valence-corrected chi connectivity index (χ1v) is 7.94. The van der Waals surface area contributed by atoms with E-state index in [-0.39, 0.29) is 30.4 Å². The molecule has 134 valence electrons. The lowest BCUT2D eigenvalue weighted by atomic mass is 10.1. The van der Waals surface area contributed by atoms with Crippen LogP contribution in [0.3, 0.4) is 0 Å². The molecular weight excluding hydrogens is 345 g/mol. The lowest BCUT2D eigenvalue weighted by Gasteiger charge is -2.22. The molecule has 0 bridgehead atoms. The van der Waals surface area contributed by atoms with E-state index >= 15 is 0 Å². The minimum atomic E-state index is -0.139. The predicted molar refractivity (Wildman–Crippen MR) is 106 cm³/mol. The van der Waals surface area contributed by atoms with E-state index in [0.717, 1.165) is 43.3 Å². The topological polar surface area (TPSA) is 38.1 Å². The van der Waals surface area contributed by atoms with Gasteiger partial charge in [-0.2, -0.15) is 4.98 Å². The summed E-state index contributed by atoms with van der Waals surface area (Å²) in [6, 6.07) is 9.80. The van der Waals surface area contributed by atoms with Crippen molar-refractivity contribution in [2.24, 2.45) is 0 Å². The van der Waals surface area contributed by atoms with Crippen LogP contribution >= 0.6 is 24.8 Å². The summed E-state index contributed by atoms with van der Waals surface area (Å²) in [6.07, 6.45) is 0. The van der Waals surface area contributed by atoms with Crippen molar-refractivity contribution in [3.8, 4) is 11.1 Å². The quantitative estimate of drug-likeness (QED) is 0.776. The fourth-order valence-electron chi connectivity index (χ4n) is 2.84. The Bertz CT molecular complexity index is 683. The lowest BCUT2D eigenvalue weighted by Crippen LogP contribution is -2.30. The summed E-state index contributed by atoms with van der Waals surface area (Å²) in [5, 5.41) is 0. The van der Waals surface area contributed by atoms with Gasteiger partial charge in [-0.15, -0.1) is 24.8 Å². The smallest absolute Gasteiger partial charge is 0.281 e. The molecule has 0 unspecified atom stereocenters. The van der Waals surface area contributed by atoms with Gasteiger partial charge in [0, 0.05) is 18.8 Å². The van der Waals surface area contributed by atoms with E-state index in [4.69, 9.17) is 0 Å². The fourth-order valence-corrected chi connectivity index (χ4v) is 2.84. The Morgan fingerprint density at radius 2 is 1.62 bits per heavy atom. The van der Waals surface area contributed by atoms with E-state index in [1.807, 2.05) is 44.2 Å². The van der Waals surface area contributed by atoms with Crippen molar-refractivity contribution in [3.05, 3.63) is 52.2 Å². The van der Waals surface area contributed by atoms with Gasteiger partial charge in [0.25, 0.3) is 5.56 Å². The number of likely N-dealkylation sites (N-methyl/N-ethyl adjacent to an activating group) is 1. The highest BCUT2D eigenvalue weighted by Gasteiger charge is 2.13. The first-order chi connectivity index (χ1) is 10.6. The molecule has 0 amide bonds. The van der Waals surface area contributed by atoms with Crippen molar-refractivity contribution in [2.45, 2.75) is 34.2 Å². The summed E-state index contributed by atoms with van der Waals surface area (Å²) in [5.41, 5.74) is 2.51.